The Morgan fingerprint density at radius 2 is 1.86 bits per heavy atom. The number of fused-ring (bicyclic) bond motifs is 2. The Kier molecular flexibility index (Phi) is 4.80. The monoisotopic (exact) mass is 390 g/mol. The summed E-state index contributed by atoms with van der Waals surface area (Å²) in [6.07, 6.45) is 0.567. The van der Waals surface area contributed by atoms with Crippen molar-refractivity contribution in [2.24, 2.45) is 0 Å². The molecule has 0 saturated heterocycles. The van der Waals surface area contributed by atoms with Gasteiger partial charge < -0.3 is 15.3 Å². The molecule has 4 aromatic rings. The van der Waals surface area contributed by atoms with Gasteiger partial charge in [-0.2, -0.15) is 0 Å². The second-order valence-corrected chi connectivity index (χ2v) is 7.27. The number of imidazole rings is 1. The molecule has 7 heteroatoms. The number of carbonyl (C=O) groups excluding carboxylic acids is 1. The van der Waals surface area contributed by atoms with E-state index in [2.05, 4.69) is 15.3 Å². The second-order valence-electron chi connectivity index (χ2n) is 7.27. The van der Waals surface area contributed by atoms with Crippen molar-refractivity contribution in [1.29, 1.82) is 0 Å². The van der Waals surface area contributed by atoms with Crippen LogP contribution in [0.4, 0.5) is 0 Å². The molecule has 2 heterocycles. The van der Waals surface area contributed by atoms with Crippen LogP contribution >= 0.6 is 0 Å². The number of aromatic nitrogens is 3. The van der Waals surface area contributed by atoms with Gasteiger partial charge >= 0.3 is 5.69 Å². The zero-order valence-corrected chi connectivity index (χ0v) is 16.3. The number of aromatic amines is 2. The molecule has 0 radical (unpaired) electrons. The zero-order valence-electron chi connectivity index (χ0n) is 16.3. The lowest BCUT2D eigenvalue weighted by molar-refractivity contribution is 0.0951. The van der Waals surface area contributed by atoms with E-state index in [1.807, 2.05) is 50.2 Å². The average molecular weight is 390 g/mol. The normalized spacial score (nSPS) is 11.2. The van der Waals surface area contributed by atoms with Crippen LogP contribution in [0.25, 0.3) is 21.9 Å². The highest BCUT2D eigenvalue weighted by Gasteiger charge is 2.13. The number of amides is 1. The maximum Gasteiger partial charge on any atom is 0.326 e. The van der Waals surface area contributed by atoms with Gasteiger partial charge in [0.2, 0.25) is 0 Å². The van der Waals surface area contributed by atoms with Crippen LogP contribution in [-0.4, -0.2) is 27.0 Å². The fourth-order valence-corrected chi connectivity index (χ4v) is 3.72. The Hall–Kier alpha value is -3.61. The summed E-state index contributed by atoms with van der Waals surface area (Å²) in [5.74, 6) is -0.418. The first-order valence-corrected chi connectivity index (χ1v) is 9.54. The molecule has 0 atom stereocenters. The fourth-order valence-electron chi connectivity index (χ4n) is 3.72. The highest BCUT2D eigenvalue weighted by Crippen LogP contribution is 2.18. The van der Waals surface area contributed by atoms with E-state index < -0.39 is 11.5 Å². The summed E-state index contributed by atoms with van der Waals surface area (Å²) in [7, 11) is 0. The molecule has 0 aliphatic rings. The van der Waals surface area contributed by atoms with Gasteiger partial charge in [0.15, 0.2) is 0 Å². The number of carbonyl (C=O) groups is 1. The fraction of sp³-hybridized carbons (Fsp3) is 0.227. The molecule has 1 amide bonds. The number of H-pyrrole nitrogens is 2. The lowest BCUT2D eigenvalue weighted by Crippen LogP contribution is -2.31. The molecule has 4 rings (SSSR count). The summed E-state index contributed by atoms with van der Waals surface area (Å²) in [4.78, 5) is 42.6. The molecule has 3 N–H and O–H groups in total. The van der Waals surface area contributed by atoms with Crippen LogP contribution in [0.5, 0.6) is 0 Å². The van der Waals surface area contributed by atoms with Gasteiger partial charge in [0.05, 0.1) is 16.6 Å². The molecule has 2 aromatic carbocycles. The zero-order chi connectivity index (χ0) is 20.5. The van der Waals surface area contributed by atoms with E-state index in [0.29, 0.717) is 19.5 Å². The minimum Gasteiger partial charge on any atom is -0.352 e. The summed E-state index contributed by atoms with van der Waals surface area (Å²) in [6.45, 7) is 4.73. The Morgan fingerprint density at radius 1 is 1.07 bits per heavy atom. The van der Waals surface area contributed by atoms with Gasteiger partial charge in [-0.25, -0.2) is 4.79 Å². The Morgan fingerprint density at radius 3 is 2.69 bits per heavy atom. The predicted molar refractivity (Wildman–Crippen MR) is 114 cm³/mol. The SMILES string of the molecule is Cc1cc(C)c2[nH]c(=O)c(C(=O)NCCCn3c(=O)[nH]c4ccccc43)cc2c1. The van der Waals surface area contributed by atoms with Crippen molar-refractivity contribution >= 4 is 27.8 Å². The highest BCUT2D eigenvalue weighted by atomic mass is 16.2. The molecule has 0 spiro atoms. The first-order chi connectivity index (χ1) is 13.9. The number of nitrogens with zero attached hydrogens (tertiary/aromatic N) is 1. The minimum absolute atomic E-state index is 0.0896. The van der Waals surface area contributed by atoms with Gasteiger partial charge in [0.25, 0.3) is 11.5 Å². The maximum atomic E-state index is 12.5. The third-order valence-corrected chi connectivity index (χ3v) is 5.06. The van der Waals surface area contributed by atoms with Gasteiger partial charge in [-0.05, 0) is 55.5 Å². The van der Waals surface area contributed by atoms with Crippen molar-refractivity contribution in [2.75, 3.05) is 6.54 Å². The third-order valence-electron chi connectivity index (χ3n) is 5.06. The lowest BCUT2D eigenvalue weighted by Gasteiger charge is -2.08. The summed E-state index contributed by atoms with van der Waals surface area (Å²) in [5.41, 5.74) is 3.91. The highest BCUT2D eigenvalue weighted by molar-refractivity contribution is 5.97. The number of rotatable bonds is 5. The molecule has 0 bridgehead atoms. The Balaban J connectivity index is 1.46. The van der Waals surface area contributed by atoms with E-state index in [1.165, 1.54) is 0 Å². The number of nitrogens with one attached hydrogen (secondary N) is 3. The Bertz CT molecular complexity index is 1340. The van der Waals surface area contributed by atoms with Crippen molar-refractivity contribution in [3.05, 3.63) is 80.0 Å². The number of aryl methyl sites for hydroxylation is 3. The molecule has 0 unspecified atom stereocenters. The van der Waals surface area contributed by atoms with Gasteiger partial charge in [0, 0.05) is 13.1 Å². The quantitative estimate of drug-likeness (QED) is 0.457. The molecular formula is C22H22N4O3. The van der Waals surface area contributed by atoms with Crippen molar-refractivity contribution < 1.29 is 4.79 Å². The van der Waals surface area contributed by atoms with E-state index in [9.17, 15) is 14.4 Å². The van der Waals surface area contributed by atoms with Gasteiger partial charge in [-0.3, -0.25) is 14.2 Å². The standard InChI is InChI=1S/C22H22N4O3/c1-13-10-14(2)19-15(11-13)12-16(21(28)25-19)20(27)23-8-5-9-26-18-7-4-3-6-17(18)24-22(26)29/h3-4,6-7,10-12H,5,8-9H2,1-2H3,(H,23,27)(H,24,29)(H,25,28). The number of benzene rings is 2. The van der Waals surface area contributed by atoms with E-state index in [-0.39, 0.29) is 11.3 Å². The molecule has 0 aliphatic carbocycles. The van der Waals surface area contributed by atoms with E-state index >= 15 is 0 Å². The molecule has 29 heavy (non-hydrogen) atoms. The van der Waals surface area contributed by atoms with Crippen LogP contribution in [0.1, 0.15) is 27.9 Å². The van der Waals surface area contributed by atoms with Crippen molar-refractivity contribution in [1.82, 2.24) is 19.9 Å². The van der Waals surface area contributed by atoms with Crippen molar-refractivity contribution in [3.63, 3.8) is 0 Å². The summed E-state index contributed by atoms with van der Waals surface area (Å²) >= 11 is 0. The molecular weight excluding hydrogens is 368 g/mol. The van der Waals surface area contributed by atoms with Crippen LogP contribution in [0.3, 0.4) is 0 Å². The molecule has 0 aliphatic heterocycles. The van der Waals surface area contributed by atoms with Crippen LogP contribution < -0.4 is 16.6 Å². The van der Waals surface area contributed by atoms with Gasteiger partial charge in [-0.15, -0.1) is 0 Å². The number of para-hydroxylation sites is 2. The summed E-state index contributed by atoms with van der Waals surface area (Å²) < 4.78 is 1.65. The van der Waals surface area contributed by atoms with Crippen LogP contribution in [0.2, 0.25) is 0 Å². The second kappa shape index (κ2) is 7.43. The summed E-state index contributed by atoms with van der Waals surface area (Å²) in [6, 6.07) is 13.0. The van der Waals surface area contributed by atoms with Crippen molar-refractivity contribution in [3.8, 4) is 0 Å². The molecule has 7 nitrogen and oxygen atoms in total. The van der Waals surface area contributed by atoms with Crippen molar-refractivity contribution in [2.45, 2.75) is 26.8 Å². The number of hydrogen-bond donors (Lipinski definition) is 3. The maximum absolute atomic E-state index is 12.5. The molecule has 2 aromatic heterocycles. The van der Waals surface area contributed by atoms with Gasteiger partial charge in [-0.1, -0.05) is 23.8 Å². The Labute approximate surface area is 166 Å². The van der Waals surface area contributed by atoms with Crippen LogP contribution in [0, 0.1) is 13.8 Å². The summed E-state index contributed by atoms with van der Waals surface area (Å²) in [5, 5.41) is 3.61. The molecule has 0 fully saturated rings. The first-order valence-electron chi connectivity index (χ1n) is 9.54. The lowest BCUT2D eigenvalue weighted by atomic mass is 10.1. The number of pyridine rings is 1. The minimum atomic E-state index is -0.418. The van der Waals surface area contributed by atoms with Crippen LogP contribution in [0.15, 0.2) is 52.1 Å². The topological polar surface area (TPSA) is 99.8 Å². The molecule has 148 valence electrons. The smallest absolute Gasteiger partial charge is 0.326 e. The average Bonchev–Trinajstić information content (AvgIpc) is 3.00. The predicted octanol–water partition coefficient (Wildman–Crippen LogP) is 2.61. The third kappa shape index (κ3) is 3.59. The van der Waals surface area contributed by atoms with E-state index in [1.54, 1.807) is 10.6 Å². The van der Waals surface area contributed by atoms with E-state index in [4.69, 9.17) is 0 Å². The van der Waals surface area contributed by atoms with Crippen LogP contribution in [-0.2, 0) is 6.54 Å². The molecule has 0 saturated carbocycles. The number of hydrogen-bond acceptors (Lipinski definition) is 3. The first kappa shape index (κ1) is 18.7. The largest absolute Gasteiger partial charge is 0.352 e. The van der Waals surface area contributed by atoms with E-state index in [0.717, 1.165) is 33.1 Å². The van der Waals surface area contributed by atoms with Gasteiger partial charge in [0.1, 0.15) is 5.56 Å².